The number of carbonyl (C=O) groups excluding carboxylic acids is 2. The van der Waals surface area contributed by atoms with Gasteiger partial charge in [-0.1, -0.05) is 30.4 Å². The van der Waals surface area contributed by atoms with Crippen molar-refractivity contribution in [2.24, 2.45) is 0 Å². The minimum absolute atomic E-state index is 0.0149. The van der Waals surface area contributed by atoms with Crippen LogP contribution in [-0.2, 0) is 16.1 Å². The molecule has 0 unspecified atom stereocenters. The van der Waals surface area contributed by atoms with Gasteiger partial charge in [0.1, 0.15) is 12.1 Å². The molecule has 2 saturated heterocycles. The molecule has 26 heavy (non-hydrogen) atoms. The Morgan fingerprint density at radius 3 is 2.85 bits per heavy atom. The highest BCUT2D eigenvalue weighted by Crippen LogP contribution is 2.29. The SMILES string of the molecule is C=C(C)/C=C/N1C(=O)[C@@H]2CCCN2C(=O)[C@@H]1Cn1ccc2ccccc21. The number of nitrogens with zero attached hydrogens (tertiary/aromatic N) is 3. The number of benzene rings is 1. The van der Waals surface area contributed by atoms with Gasteiger partial charge in [0.2, 0.25) is 11.8 Å². The summed E-state index contributed by atoms with van der Waals surface area (Å²) >= 11 is 0. The molecule has 4 rings (SSSR count). The Morgan fingerprint density at radius 1 is 1.23 bits per heavy atom. The van der Waals surface area contributed by atoms with Gasteiger partial charge in [-0.25, -0.2) is 0 Å². The second-order valence-corrected chi connectivity index (χ2v) is 7.14. The highest BCUT2D eigenvalue weighted by molar-refractivity contribution is 5.98. The zero-order valence-electron chi connectivity index (χ0n) is 15.0. The second-order valence-electron chi connectivity index (χ2n) is 7.14. The quantitative estimate of drug-likeness (QED) is 0.797. The smallest absolute Gasteiger partial charge is 0.250 e. The Morgan fingerprint density at radius 2 is 2.04 bits per heavy atom. The third-order valence-corrected chi connectivity index (χ3v) is 5.27. The largest absolute Gasteiger partial charge is 0.345 e. The van der Waals surface area contributed by atoms with Crippen LogP contribution in [0.3, 0.4) is 0 Å². The van der Waals surface area contributed by atoms with E-state index in [2.05, 4.69) is 17.2 Å². The molecular weight excluding hydrogens is 326 g/mol. The predicted octanol–water partition coefficient (Wildman–Crippen LogP) is 2.93. The minimum Gasteiger partial charge on any atom is -0.345 e. The number of hydrogen-bond acceptors (Lipinski definition) is 2. The summed E-state index contributed by atoms with van der Waals surface area (Å²) in [5, 5.41) is 1.13. The van der Waals surface area contributed by atoms with Crippen LogP contribution < -0.4 is 0 Å². The van der Waals surface area contributed by atoms with E-state index in [-0.39, 0.29) is 17.9 Å². The van der Waals surface area contributed by atoms with Crippen molar-refractivity contribution < 1.29 is 9.59 Å². The lowest BCUT2D eigenvalue weighted by molar-refractivity contribution is -0.156. The summed E-state index contributed by atoms with van der Waals surface area (Å²) in [7, 11) is 0. The van der Waals surface area contributed by atoms with Crippen LogP contribution in [0.5, 0.6) is 0 Å². The zero-order chi connectivity index (χ0) is 18.3. The van der Waals surface area contributed by atoms with E-state index in [9.17, 15) is 9.59 Å². The number of amides is 2. The number of para-hydroxylation sites is 1. The lowest BCUT2D eigenvalue weighted by Crippen LogP contribution is -2.62. The van der Waals surface area contributed by atoms with Crippen molar-refractivity contribution >= 4 is 22.7 Å². The Hall–Kier alpha value is -2.82. The maximum Gasteiger partial charge on any atom is 0.250 e. The lowest BCUT2D eigenvalue weighted by atomic mass is 10.1. The average Bonchev–Trinajstić information content (AvgIpc) is 3.26. The van der Waals surface area contributed by atoms with Gasteiger partial charge in [0.05, 0.1) is 6.54 Å². The van der Waals surface area contributed by atoms with Gasteiger partial charge in [-0.2, -0.15) is 0 Å². The molecule has 0 aliphatic carbocycles. The molecule has 2 aliphatic heterocycles. The molecular formula is C21H23N3O2. The van der Waals surface area contributed by atoms with Gasteiger partial charge in [-0.15, -0.1) is 0 Å². The van der Waals surface area contributed by atoms with E-state index in [0.717, 1.165) is 29.3 Å². The number of hydrogen-bond donors (Lipinski definition) is 0. The molecule has 1 aromatic heterocycles. The predicted molar refractivity (Wildman–Crippen MR) is 101 cm³/mol. The van der Waals surface area contributed by atoms with Crippen LogP contribution in [-0.4, -0.2) is 44.8 Å². The summed E-state index contributed by atoms with van der Waals surface area (Å²) in [6, 6.07) is 9.28. The van der Waals surface area contributed by atoms with Gasteiger partial charge in [0.15, 0.2) is 0 Å². The molecule has 2 aliphatic rings. The highest BCUT2D eigenvalue weighted by Gasteiger charge is 2.47. The van der Waals surface area contributed by atoms with E-state index in [4.69, 9.17) is 0 Å². The van der Waals surface area contributed by atoms with Crippen LogP contribution in [0.1, 0.15) is 19.8 Å². The van der Waals surface area contributed by atoms with E-state index in [1.807, 2.05) is 37.4 Å². The van der Waals surface area contributed by atoms with E-state index in [1.54, 1.807) is 22.1 Å². The van der Waals surface area contributed by atoms with Crippen molar-refractivity contribution in [3.05, 3.63) is 61.0 Å². The van der Waals surface area contributed by atoms with Crippen molar-refractivity contribution in [3.63, 3.8) is 0 Å². The Kier molecular flexibility index (Phi) is 4.15. The van der Waals surface area contributed by atoms with Gasteiger partial charge in [-0.3, -0.25) is 9.59 Å². The second kappa shape index (κ2) is 6.48. The van der Waals surface area contributed by atoms with Crippen LogP contribution in [0.25, 0.3) is 10.9 Å². The summed E-state index contributed by atoms with van der Waals surface area (Å²) in [5.74, 6) is 0.0531. The number of rotatable bonds is 4. The third-order valence-electron chi connectivity index (χ3n) is 5.27. The molecule has 0 radical (unpaired) electrons. The molecule has 0 bridgehead atoms. The maximum atomic E-state index is 13.1. The Balaban J connectivity index is 1.71. The number of allylic oxidation sites excluding steroid dienone is 2. The van der Waals surface area contributed by atoms with Crippen molar-refractivity contribution in [1.82, 2.24) is 14.4 Å². The van der Waals surface area contributed by atoms with Crippen LogP contribution >= 0.6 is 0 Å². The topological polar surface area (TPSA) is 45.6 Å². The summed E-state index contributed by atoms with van der Waals surface area (Å²) in [5.41, 5.74) is 1.92. The molecule has 2 aromatic rings. The van der Waals surface area contributed by atoms with Crippen molar-refractivity contribution in [3.8, 4) is 0 Å². The van der Waals surface area contributed by atoms with Crippen LogP contribution in [0.15, 0.2) is 61.0 Å². The lowest BCUT2D eigenvalue weighted by Gasteiger charge is -2.41. The van der Waals surface area contributed by atoms with Gasteiger partial charge >= 0.3 is 0 Å². The van der Waals surface area contributed by atoms with Gasteiger partial charge in [-0.05, 0) is 43.4 Å². The molecule has 2 atom stereocenters. The number of carbonyl (C=O) groups is 2. The molecule has 0 N–H and O–H groups in total. The highest BCUT2D eigenvalue weighted by atomic mass is 16.2. The first kappa shape index (κ1) is 16.6. The fourth-order valence-corrected chi connectivity index (χ4v) is 3.96. The van der Waals surface area contributed by atoms with Gasteiger partial charge in [0, 0.05) is 24.5 Å². The summed E-state index contributed by atoms with van der Waals surface area (Å²) in [4.78, 5) is 29.5. The van der Waals surface area contributed by atoms with Crippen molar-refractivity contribution in [2.75, 3.05) is 6.54 Å². The van der Waals surface area contributed by atoms with E-state index < -0.39 is 6.04 Å². The zero-order valence-corrected chi connectivity index (χ0v) is 15.0. The summed E-state index contributed by atoms with van der Waals surface area (Å²) < 4.78 is 2.06. The normalized spacial score (nSPS) is 23.3. The van der Waals surface area contributed by atoms with Gasteiger partial charge in [0.25, 0.3) is 0 Å². The third kappa shape index (κ3) is 2.73. The van der Waals surface area contributed by atoms with Crippen molar-refractivity contribution in [1.29, 1.82) is 0 Å². The Bertz CT molecular complexity index is 911. The first-order valence-corrected chi connectivity index (χ1v) is 9.06. The molecule has 2 fully saturated rings. The fourth-order valence-electron chi connectivity index (χ4n) is 3.96. The fraction of sp³-hybridized carbons (Fsp3) is 0.333. The van der Waals surface area contributed by atoms with Crippen LogP contribution in [0, 0.1) is 0 Å². The van der Waals surface area contributed by atoms with Crippen molar-refractivity contribution in [2.45, 2.75) is 38.4 Å². The Labute approximate surface area is 153 Å². The average molecular weight is 349 g/mol. The number of aromatic nitrogens is 1. The molecule has 5 nitrogen and oxygen atoms in total. The van der Waals surface area contributed by atoms with Crippen LogP contribution in [0.4, 0.5) is 0 Å². The number of fused-ring (bicyclic) bond motifs is 2. The first-order chi connectivity index (χ1) is 12.6. The van der Waals surface area contributed by atoms with E-state index in [1.165, 1.54) is 0 Å². The van der Waals surface area contributed by atoms with Gasteiger partial charge < -0.3 is 14.4 Å². The molecule has 0 saturated carbocycles. The molecule has 5 heteroatoms. The molecule has 0 spiro atoms. The minimum atomic E-state index is -0.525. The number of piperazine rings is 1. The standard InChI is InChI=1S/C21H23N3O2/c1-15(2)9-13-24-19(21(26)23-11-5-8-18(23)20(24)25)14-22-12-10-16-6-3-4-7-17(16)22/h3-4,6-7,9-10,12-13,18-19H,1,5,8,11,14H2,2H3/b13-9+/t18-,19-/m0/s1. The summed E-state index contributed by atoms with van der Waals surface area (Å²) in [6.07, 6.45) is 7.16. The summed E-state index contributed by atoms with van der Waals surface area (Å²) in [6.45, 7) is 6.87. The molecule has 1 aromatic carbocycles. The first-order valence-electron chi connectivity index (χ1n) is 9.06. The molecule has 3 heterocycles. The van der Waals surface area contributed by atoms with E-state index >= 15 is 0 Å². The monoisotopic (exact) mass is 349 g/mol. The molecule has 134 valence electrons. The van der Waals surface area contributed by atoms with Crippen LogP contribution in [0.2, 0.25) is 0 Å². The van der Waals surface area contributed by atoms with E-state index in [0.29, 0.717) is 13.1 Å². The maximum absolute atomic E-state index is 13.1. The molecule has 2 amide bonds.